The average Bonchev–Trinajstić information content (AvgIpc) is 2.36. The van der Waals surface area contributed by atoms with Gasteiger partial charge in [-0.2, -0.15) is 5.48 Å². The van der Waals surface area contributed by atoms with E-state index in [9.17, 15) is 0 Å². The van der Waals surface area contributed by atoms with Crippen LogP contribution in [0.2, 0.25) is 0 Å². The average molecular weight is 281 g/mol. The van der Waals surface area contributed by atoms with Crippen LogP contribution in [0.1, 0.15) is 6.92 Å². The first-order valence-corrected chi connectivity index (χ1v) is 6.08. The lowest BCUT2D eigenvalue weighted by Gasteiger charge is -2.06. The van der Waals surface area contributed by atoms with Crippen molar-refractivity contribution >= 4 is 5.97 Å². The van der Waals surface area contributed by atoms with E-state index in [1.807, 2.05) is 0 Å². The number of rotatable bonds is 0. The molecule has 0 radical (unpaired) electrons. The monoisotopic (exact) mass is 281 g/mol. The fourth-order valence-electron chi connectivity index (χ4n) is 0.988. The largest absolute Gasteiger partial charge is 0.481 e. The van der Waals surface area contributed by atoms with E-state index in [-0.39, 0.29) is 0 Å². The van der Waals surface area contributed by atoms with Gasteiger partial charge in [-0.1, -0.05) is 0 Å². The van der Waals surface area contributed by atoms with Crippen LogP contribution in [-0.2, 0) is 28.6 Å². The Morgan fingerprint density at radius 2 is 1.21 bits per heavy atom. The molecule has 1 heterocycles. The Balaban J connectivity index is 0.000000711. The van der Waals surface area contributed by atoms with Crippen molar-refractivity contribution in [2.45, 2.75) is 6.92 Å². The Labute approximate surface area is 112 Å². The quantitative estimate of drug-likeness (QED) is 0.621. The van der Waals surface area contributed by atoms with Gasteiger partial charge in [0.25, 0.3) is 5.97 Å². The highest BCUT2D eigenvalue weighted by atomic mass is 16.7. The number of hydrogen-bond donors (Lipinski definition) is 2. The highest BCUT2D eigenvalue weighted by Gasteiger charge is 1.94. The zero-order valence-corrected chi connectivity index (χ0v) is 11.3. The molecule has 1 aliphatic heterocycles. The summed E-state index contributed by atoms with van der Waals surface area (Å²) in [6.45, 7) is 5.97. The van der Waals surface area contributed by atoms with Crippen molar-refractivity contribution in [3.8, 4) is 0 Å². The second-order valence-corrected chi connectivity index (χ2v) is 3.40. The topological polar surface area (TPSA) is 95.5 Å². The normalized spacial score (nSPS) is 20.3. The van der Waals surface area contributed by atoms with Gasteiger partial charge in [0.15, 0.2) is 0 Å². The van der Waals surface area contributed by atoms with Gasteiger partial charge in [-0.3, -0.25) is 9.63 Å². The number of hydroxylamine groups is 1. The molecule has 1 saturated heterocycles. The first kappa shape index (κ1) is 18.2. The van der Waals surface area contributed by atoms with Crippen LogP contribution in [0.4, 0.5) is 0 Å². The van der Waals surface area contributed by atoms with Crippen molar-refractivity contribution in [2.24, 2.45) is 0 Å². The van der Waals surface area contributed by atoms with Crippen LogP contribution in [0, 0.1) is 0 Å². The van der Waals surface area contributed by atoms with Crippen LogP contribution in [0.25, 0.3) is 0 Å². The first-order valence-electron chi connectivity index (χ1n) is 6.08. The van der Waals surface area contributed by atoms with Crippen molar-refractivity contribution < 1.29 is 33.7 Å². The standard InChI is InChI=1S/C9H19NO5.C2H4O2/c1-2-12-5-6-14-9-10-15-8-7-13-4-3-11-1;1-2(3)4/h10H,1-9H2;1H3,(H,3,4). The maximum atomic E-state index is 9.00. The summed E-state index contributed by atoms with van der Waals surface area (Å²) in [4.78, 5) is 14.0. The molecule has 0 bridgehead atoms. The molecule has 8 heteroatoms. The molecule has 0 aliphatic carbocycles. The number of hydrogen-bond acceptors (Lipinski definition) is 7. The number of carboxylic acids is 1. The lowest BCUT2D eigenvalue weighted by Crippen LogP contribution is -2.22. The lowest BCUT2D eigenvalue weighted by molar-refractivity contribution is -0.134. The molecular weight excluding hydrogens is 258 g/mol. The van der Waals surface area contributed by atoms with Crippen LogP contribution < -0.4 is 5.48 Å². The molecule has 8 nitrogen and oxygen atoms in total. The number of carboxylic acid groups (broad SMARTS) is 1. The zero-order valence-electron chi connectivity index (χ0n) is 11.3. The molecule has 0 spiro atoms. The molecule has 0 saturated carbocycles. The third kappa shape index (κ3) is 19.7. The molecule has 0 atom stereocenters. The molecule has 0 amide bonds. The molecule has 1 aliphatic rings. The molecule has 2 N–H and O–H groups in total. The van der Waals surface area contributed by atoms with E-state index in [1.165, 1.54) is 0 Å². The third-order valence-electron chi connectivity index (χ3n) is 1.71. The predicted molar refractivity (Wildman–Crippen MR) is 65.7 cm³/mol. The van der Waals surface area contributed by atoms with E-state index in [0.717, 1.165) is 6.92 Å². The predicted octanol–water partition coefficient (Wildman–Crippen LogP) is -0.364. The molecule has 0 unspecified atom stereocenters. The lowest BCUT2D eigenvalue weighted by atomic mass is 10.7. The van der Waals surface area contributed by atoms with E-state index >= 15 is 0 Å². The number of carbonyl (C=O) groups is 1. The van der Waals surface area contributed by atoms with Gasteiger partial charge in [0.2, 0.25) is 0 Å². The summed E-state index contributed by atoms with van der Waals surface area (Å²) in [5.74, 6) is -0.833. The van der Waals surface area contributed by atoms with Gasteiger partial charge in [0, 0.05) is 6.92 Å². The smallest absolute Gasteiger partial charge is 0.300 e. The maximum absolute atomic E-state index is 9.00. The van der Waals surface area contributed by atoms with E-state index in [0.29, 0.717) is 59.6 Å². The van der Waals surface area contributed by atoms with Gasteiger partial charge in [-0.15, -0.1) is 0 Å². The summed E-state index contributed by atoms with van der Waals surface area (Å²) < 4.78 is 20.9. The molecule has 19 heavy (non-hydrogen) atoms. The summed E-state index contributed by atoms with van der Waals surface area (Å²) in [6, 6.07) is 0. The SMILES string of the molecule is C1COCCOCNOCCOCCO1.CC(=O)O. The third-order valence-corrected chi connectivity index (χ3v) is 1.71. The summed E-state index contributed by atoms with van der Waals surface area (Å²) in [6.07, 6.45) is 0. The molecule has 1 fully saturated rings. The van der Waals surface area contributed by atoms with Gasteiger partial charge in [0.1, 0.15) is 6.73 Å². The van der Waals surface area contributed by atoms with E-state index < -0.39 is 5.97 Å². The van der Waals surface area contributed by atoms with Gasteiger partial charge in [-0.25, -0.2) is 0 Å². The number of aliphatic carboxylic acids is 1. The Morgan fingerprint density at radius 3 is 1.68 bits per heavy atom. The summed E-state index contributed by atoms with van der Waals surface area (Å²) in [5.41, 5.74) is 2.67. The maximum Gasteiger partial charge on any atom is 0.300 e. The summed E-state index contributed by atoms with van der Waals surface area (Å²) in [5, 5.41) is 7.42. The fraction of sp³-hybridized carbons (Fsp3) is 0.909. The number of nitrogens with one attached hydrogen (secondary N) is 1. The van der Waals surface area contributed by atoms with Crippen LogP contribution in [-0.4, -0.2) is 70.7 Å². The van der Waals surface area contributed by atoms with Gasteiger partial charge < -0.3 is 24.1 Å². The van der Waals surface area contributed by atoms with Crippen LogP contribution >= 0.6 is 0 Å². The Hall–Kier alpha value is -0.770. The number of ether oxygens (including phenoxy) is 4. The molecular formula is C11H23NO7. The molecule has 0 aromatic rings. The minimum absolute atomic E-state index is 0.361. The van der Waals surface area contributed by atoms with Gasteiger partial charge >= 0.3 is 0 Å². The summed E-state index contributed by atoms with van der Waals surface area (Å²) >= 11 is 0. The highest BCUT2D eigenvalue weighted by molar-refractivity contribution is 5.62. The summed E-state index contributed by atoms with van der Waals surface area (Å²) in [7, 11) is 0. The molecule has 0 aromatic heterocycles. The Morgan fingerprint density at radius 1 is 0.842 bits per heavy atom. The first-order chi connectivity index (χ1) is 9.23. The molecule has 114 valence electrons. The van der Waals surface area contributed by atoms with Crippen molar-refractivity contribution in [3.63, 3.8) is 0 Å². The van der Waals surface area contributed by atoms with Gasteiger partial charge in [0.05, 0.1) is 52.9 Å². The van der Waals surface area contributed by atoms with E-state index in [1.54, 1.807) is 0 Å². The zero-order chi connectivity index (χ0) is 14.2. The Bertz CT molecular complexity index is 141. The minimum Gasteiger partial charge on any atom is -0.481 e. The highest BCUT2D eigenvalue weighted by Crippen LogP contribution is 1.83. The minimum atomic E-state index is -0.833. The van der Waals surface area contributed by atoms with Crippen LogP contribution in [0.5, 0.6) is 0 Å². The van der Waals surface area contributed by atoms with E-state index in [2.05, 4.69) is 5.48 Å². The molecule has 1 rings (SSSR count). The van der Waals surface area contributed by atoms with Crippen LogP contribution in [0.15, 0.2) is 0 Å². The van der Waals surface area contributed by atoms with Crippen LogP contribution in [0.3, 0.4) is 0 Å². The fourth-order valence-corrected chi connectivity index (χ4v) is 0.988. The second-order valence-electron chi connectivity index (χ2n) is 3.40. The van der Waals surface area contributed by atoms with Crippen molar-refractivity contribution in [1.29, 1.82) is 0 Å². The van der Waals surface area contributed by atoms with Crippen molar-refractivity contribution in [3.05, 3.63) is 0 Å². The Kier molecular flexibility index (Phi) is 14.7. The second kappa shape index (κ2) is 15.3. The van der Waals surface area contributed by atoms with E-state index in [4.69, 9.17) is 33.7 Å². The van der Waals surface area contributed by atoms with Crippen molar-refractivity contribution in [1.82, 2.24) is 5.48 Å². The van der Waals surface area contributed by atoms with Gasteiger partial charge in [-0.05, 0) is 0 Å². The molecule has 0 aromatic carbocycles. The van der Waals surface area contributed by atoms with Crippen molar-refractivity contribution in [2.75, 3.05) is 59.6 Å².